The van der Waals surface area contributed by atoms with Gasteiger partial charge in [-0.15, -0.1) is 5.10 Å². The number of benzene rings is 2. The number of para-hydroxylation sites is 1. The first-order valence-electron chi connectivity index (χ1n) is 8.21. The van der Waals surface area contributed by atoms with E-state index in [-0.39, 0.29) is 5.78 Å². The van der Waals surface area contributed by atoms with Gasteiger partial charge in [-0.2, -0.15) is 0 Å². The summed E-state index contributed by atoms with van der Waals surface area (Å²) in [5.41, 5.74) is 4.11. The van der Waals surface area contributed by atoms with Crippen molar-refractivity contribution in [3.8, 4) is 0 Å². The van der Waals surface area contributed by atoms with E-state index in [9.17, 15) is 4.79 Å². The van der Waals surface area contributed by atoms with Crippen molar-refractivity contribution in [3.63, 3.8) is 0 Å². The van der Waals surface area contributed by atoms with E-state index in [1.54, 1.807) is 10.9 Å². The van der Waals surface area contributed by atoms with Gasteiger partial charge in [0, 0.05) is 26.6 Å². The SMILES string of the molecule is O=C(C1=Cc2cc3ccccc3n2Cc2cnnn21)c1ccc(Br)cc1. The highest BCUT2D eigenvalue weighted by Gasteiger charge is 2.23. The number of carbonyl (C=O) groups is 1. The van der Waals surface area contributed by atoms with Gasteiger partial charge in [-0.1, -0.05) is 39.3 Å². The van der Waals surface area contributed by atoms with Crippen molar-refractivity contribution in [3.05, 3.63) is 82.2 Å². The van der Waals surface area contributed by atoms with Crippen LogP contribution in [-0.2, 0) is 6.54 Å². The number of hydrogen-bond donors (Lipinski definition) is 0. The molecule has 5 nitrogen and oxygen atoms in total. The van der Waals surface area contributed by atoms with Crippen LogP contribution in [-0.4, -0.2) is 25.3 Å². The first kappa shape index (κ1) is 15.3. The van der Waals surface area contributed by atoms with Crippen LogP contribution in [0.15, 0.2) is 65.3 Å². The molecule has 5 rings (SSSR count). The average Bonchev–Trinajstić information content (AvgIpc) is 3.22. The predicted molar refractivity (Wildman–Crippen MR) is 104 cm³/mol. The summed E-state index contributed by atoms with van der Waals surface area (Å²) in [7, 11) is 0. The Labute approximate surface area is 157 Å². The zero-order valence-electron chi connectivity index (χ0n) is 13.6. The molecule has 1 aliphatic heterocycles. The summed E-state index contributed by atoms with van der Waals surface area (Å²) in [4.78, 5) is 13.2. The smallest absolute Gasteiger partial charge is 0.211 e. The first-order valence-corrected chi connectivity index (χ1v) is 9.00. The molecule has 0 radical (unpaired) electrons. The van der Waals surface area contributed by atoms with Crippen LogP contribution < -0.4 is 0 Å². The second-order valence-corrected chi connectivity index (χ2v) is 7.13. The number of hydrogen-bond acceptors (Lipinski definition) is 3. The topological polar surface area (TPSA) is 52.7 Å². The van der Waals surface area contributed by atoms with Gasteiger partial charge < -0.3 is 4.57 Å². The Morgan fingerprint density at radius 1 is 1.08 bits per heavy atom. The molecular weight excluding hydrogens is 392 g/mol. The van der Waals surface area contributed by atoms with E-state index in [2.05, 4.69) is 49.0 Å². The third kappa shape index (κ3) is 2.34. The van der Waals surface area contributed by atoms with Crippen molar-refractivity contribution in [2.75, 3.05) is 0 Å². The molecule has 0 amide bonds. The minimum absolute atomic E-state index is 0.0806. The average molecular weight is 405 g/mol. The quantitative estimate of drug-likeness (QED) is 0.469. The van der Waals surface area contributed by atoms with Crippen LogP contribution in [0.4, 0.5) is 0 Å². The number of allylic oxidation sites excluding steroid dienone is 1. The molecule has 0 atom stereocenters. The molecule has 26 heavy (non-hydrogen) atoms. The molecule has 3 heterocycles. The van der Waals surface area contributed by atoms with E-state index in [4.69, 9.17) is 0 Å². The fourth-order valence-electron chi connectivity index (χ4n) is 3.37. The van der Waals surface area contributed by atoms with Crippen molar-refractivity contribution in [2.24, 2.45) is 0 Å². The zero-order valence-corrected chi connectivity index (χ0v) is 15.2. The van der Waals surface area contributed by atoms with Gasteiger partial charge in [0.05, 0.1) is 18.4 Å². The number of Topliss-reactive ketones (excluding diaryl/α,β-unsaturated/α-hetero) is 1. The van der Waals surface area contributed by atoms with Crippen LogP contribution in [0.5, 0.6) is 0 Å². The van der Waals surface area contributed by atoms with Gasteiger partial charge in [-0.3, -0.25) is 4.79 Å². The molecule has 0 aliphatic carbocycles. The van der Waals surface area contributed by atoms with E-state index in [1.165, 1.54) is 0 Å². The van der Waals surface area contributed by atoms with Crippen molar-refractivity contribution < 1.29 is 4.79 Å². The van der Waals surface area contributed by atoms with Crippen molar-refractivity contribution >= 4 is 44.4 Å². The molecule has 126 valence electrons. The summed E-state index contributed by atoms with van der Waals surface area (Å²) in [5.74, 6) is -0.0806. The monoisotopic (exact) mass is 404 g/mol. The molecule has 2 aromatic carbocycles. The van der Waals surface area contributed by atoms with Crippen LogP contribution in [0, 0.1) is 0 Å². The second kappa shape index (κ2) is 5.78. The minimum Gasteiger partial charge on any atom is -0.335 e. The molecule has 0 unspecified atom stereocenters. The van der Waals surface area contributed by atoms with E-state index in [0.717, 1.165) is 26.8 Å². The lowest BCUT2D eigenvalue weighted by Crippen LogP contribution is -2.12. The van der Waals surface area contributed by atoms with Crippen LogP contribution in [0.2, 0.25) is 0 Å². The Kier molecular flexibility index (Phi) is 3.39. The van der Waals surface area contributed by atoms with Crippen molar-refractivity contribution in [1.82, 2.24) is 19.6 Å². The highest BCUT2D eigenvalue weighted by Crippen LogP contribution is 2.28. The lowest BCUT2D eigenvalue weighted by molar-refractivity contribution is 0.105. The van der Waals surface area contributed by atoms with Crippen molar-refractivity contribution in [2.45, 2.75) is 6.54 Å². The Morgan fingerprint density at radius 2 is 1.88 bits per heavy atom. The number of ketones is 1. The van der Waals surface area contributed by atoms with Crippen molar-refractivity contribution in [1.29, 1.82) is 0 Å². The molecule has 6 heteroatoms. The zero-order chi connectivity index (χ0) is 17.7. The fraction of sp³-hybridized carbons (Fsp3) is 0.0500. The number of fused-ring (bicyclic) bond motifs is 4. The van der Waals surface area contributed by atoms with Crippen LogP contribution in [0.3, 0.4) is 0 Å². The molecular formula is C20H13BrN4O. The van der Waals surface area contributed by atoms with Gasteiger partial charge in [0.15, 0.2) is 0 Å². The maximum absolute atomic E-state index is 13.2. The summed E-state index contributed by atoms with van der Waals surface area (Å²) in [6, 6.07) is 17.7. The van der Waals surface area contributed by atoms with Gasteiger partial charge in [-0.25, -0.2) is 4.68 Å². The maximum Gasteiger partial charge on any atom is 0.211 e. The number of halogens is 1. The number of carbonyl (C=O) groups excluding carboxylic acids is 1. The standard InChI is InChI=1S/C20H13BrN4O/c21-15-7-5-13(6-8-15)20(26)19-10-16-9-14-3-1-2-4-18(14)24(16)12-17-11-22-23-25(17)19/h1-11H,12H2. The summed E-state index contributed by atoms with van der Waals surface area (Å²) in [6.45, 7) is 0.615. The molecule has 0 fully saturated rings. The van der Waals surface area contributed by atoms with Gasteiger partial charge in [0.2, 0.25) is 5.78 Å². The van der Waals surface area contributed by atoms with E-state index < -0.39 is 0 Å². The van der Waals surface area contributed by atoms with E-state index in [1.807, 2.05) is 42.5 Å². The molecule has 0 bridgehead atoms. The third-order valence-corrected chi connectivity index (χ3v) is 5.16. The van der Waals surface area contributed by atoms with Gasteiger partial charge in [0.25, 0.3) is 0 Å². The summed E-state index contributed by atoms with van der Waals surface area (Å²) < 4.78 is 4.77. The van der Waals surface area contributed by atoms with Crippen LogP contribution in [0.25, 0.3) is 22.7 Å². The number of rotatable bonds is 2. The Hall–Kier alpha value is -2.99. The molecule has 0 spiro atoms. The molecule has 0 N–H and O–H groups in total. The first-order chi connectivity index (χ1) is 12.7. The van der Waals surface area contributed by atoms with Crippen LogP contribution >= 0.6 is 15.9 Å². The molecule has 1 aliphatic rings. The van der Waals surface area contributed by atoms with Crippen LogP contribution in [0.1, 0.15) is 21.7 Å². The molecule has 4 aromatic rings. The van der Waals surface area contributed by atoms with Gasteiger partial charge >= 0.3 is 0 Å². The molecule has 0 saturated carbocycles. The van der Waals surface area contributed by atoms with Gasteiger partial charge in [0.1, 0.15) is 5.70 Å². The number of aromatic nitrogens is 4. The Bertz CT molecular complexity index is 1180. The van der Waals surface area contributed by atoms with Gasteiger partial charge in [-0.05, 0) is 42.5 Å². The second-order valence-electron chi connectivity index (χ2n) is 6.22. The minimum atomic E-state index is -0.0806. The summed E-state index contributed by atoms with van der Waals surface area (Å²) >= 11 is 3.41. The molecule has 2 aromatic heterocycles. The Balaban J connectivity index is 1.72. The molecule has 0 saturated heterocycles. The normalized spacial score (nSPS) is 13.0. The van der Waals surface area contributed by atoms with E-state index >= 15 is 0 Å². The highest BCUT2D eigenvalue weighted by molar-refractivity contribution is 9.10. The third-order valence-electron chi connectivity index (χ3n) is 4.63. The maximum atomic E-state index is 13.2. The van der Waals surface area contributed by atoms with E-state index in [0.29, 0.717) is 17.8 Å². The fourth-order valence-corrected chi connectivity index (χ4v) is 3.63. The lowest BCUT2D eigenvalue weighted by Gasteiger charge is -2.08. The summed E-state index contributed by atoms with van der Waals surface area (Å²) in [5, 5.41) is 9.33. The largest absolute Gasteiger partial charge is 0.335 e. The predicted octanol–water partition coefficient (Wildman–Crippen LogP) is 4.24. The highest BCUT2D eigenvalue weighted by atomic mass is 79.9. The number of nitrogens with zero attached hydrogens (tertiary/aromatic N) is 4. The summed E-state index contributed by atoms with van der Waals surface area (Å²) in [6.07, 6.45) is 3.61. The Morgan fingerprint density at radius 3 is 2.73 bits per heavy atom. The lowest BCUT2D eigenvalue weighted by atomic mass is 10.1.